The molecule has 0 atom stereocenters. The minimum Gasteiger partial charge on any atom is -0.464 e. The van der Waals surface area contributed by atoms with Gasteiger partial charge >= 0.3 is 5.97 Å². The standard InChI is InChI=1S/C15H18ClN3O2S/c1-6-19-13(15(20)21-5)10(16)11(17-19)12-8(2)7-9(3)14(22)18(12)4/h7H,6H2,1-5H3. The number of hydrogen-bond acceptors (Lipinski definition) is 4. The van der Waals surface area contributed by atoms with E-state index < -0.39 is 5.97 Å². The molecule has 0 aliphatic carbocycles. The number of halogens is 1. The van der Waals surface area contributed by atoms with Crippen molar-refractivity contribution in [2.45, 2.75) is 27.3 Å². The molecule has 22 heavy (non-hydrogen) atoms. The number of ether oxygens (including phenoxy) is 1. The summed E-state index contributed by atoms with van der Waals surface area (Å²) in [7, 11) is 3.20. The molecule has 0 aliphatic heterocycles. The molecule has 0 spiro atoms. The van der Waals surface area contributed by atoms with Crippen molar-refractivity contribution in [1.82, 2.24) is 14.3 Å². The number of carbonyl (C=O) groups excluding carboxylic acids is 1. The molecule has 0 N–H and O–H groups in total. The van der Waals surface area contributed by atoms with Crippen molar-refractivity contribution in [2.24, 2.45) is 7.05 Å². The molecule has 0 unspecified atom stereocenters. The summed E-state index contributed by atoms with van der Waals surface area (Å²) in [4.78, 5) is 12.0. The topological polar surface area (TPSA) is 49.0 Å². The normalized spacial score (nSPS) is 10.8. The van der Waals surface area contributed by atoms with Crippen LogP contribution in [0, 0.1) is 18.5 Å². The number of esters is 1. The Kier molecular flexibility index (Phi) is 4.72. The van der Waals surface area contributed by atoms with E-state index in [1.807, 2.05) is 38.5 Å². The summed E-state index contributed by atoms with van der Waals surface area (Å²) in [5.41, 5.74) is 3.60. The van der Waals surface area contributed by atoms with Crippen LogP contribution in [0.2, 0.25) is 5.02 Å². The quantitative estimate of drug-likeness (QED) is 0.632. The van der Waals surface area contributed by atoms with Gasteiger partial charge in [0, 0.05) is 13.6 Å². The van der Waals surface area contributed by atoms with Crippen LogP contribution in [0.5, 0.6) is 0 Å². The second kappa shape index (κ2) is 6.22. The molecule has 0 bridgehead atoms. The molecule has 5 nitrogen and oxygen atoms in total. The van der Waals surface area contributed by atoms with Crippen molar-refractivity contribution < 1.29 is 9.53 Å². The van der Waals surface area contributed by atoms with Crippen LogP contribution in [0.3, 0.4) is 0 Å². The first kappa shape index (κ1) is 16.7. The Bertz CT molecular complexity index is 808. The van der Waals surface area contributed by atoms with Crippen LogP contribution in [0.15, 0.2) is 6.07 Å². The van der Waals surface area contributed by atoms with E-state index in [-0.39, 0.29) is 10.7 Å². The summed E-state index contributed by atoms with van der Waals surface area (Å²) in [5.74, 6) is -0.503. The maximum Gasteiger partial charge on any atom is 0.357 e. The van der Waals surface area contributed by atoms with Crippen molar-refractivity contribution in [3.05, 3.63) is 32.6 Å². The number of carbonyl (C=O) groups is 1. The molecule has 0 amide bonds. The van der Waals surface area contributed by atoms with Crippen molar-refractivity contribution in [3.8, 4) is 11.4 Å². The van der Waals surface area contributed by atoms with E-state index >= 15 is 0 Å². The number of rotatable bonds is 3. The summed E-state index contributed by atoms with van der Waals surface area (Å²) < 4.78 is 8.93. The molecule has 0 radical (unpaired) electrons. The highest BCUT2D eigenvalue weighted by Gasteiger charge is 2.25. The van der Waals surface area contributed by atoms with Gasteiger partial charge in [0.2, 0.25) is 0 Å². The number of methoxy groups -OCH3 is 1. The van der Waals surface area contributed by atoms with E-state index in [0.717, 1.165) is 16.8 Å². The lowest BCUT2D eigenvalue weighted by molar-refractivity contribution is 0.0587. The number of pyridine rings is 1. The SMILES string of the molecule is CCn1nc(-c2c(C)cc(C)c(=S)n2C)c(Cl)c1C(=O)OC. The zero-order chi connectivity index (χ0) is 16.6. The Labute approximate surface area is 139 Å². The van der Waals surface area contributed by atoms with Gasteiger partial charge in [0.05, 0.1) is 12.8 Å². The first-order valence-electron chi connectivity index (χ1n) is 6.85. The second-order valence-corrected chi connectivity index (χ2v) is 5.81. The predicted molar refractivity (Wildman–Crippen MR) is 89.0 cm³/mol. The smallest absolute Gasteiger partial charge is 0.357 e. The van der Waals surface area contributed by atoms with Gasteiger partial charge in [0.1, 0.15) is 15.4 Å². The Balaban J connectivity index is 2.81. The summed E-state index contributed by atoms with van der Waals surface area (Å²) in [5, 5.41) is 4.76. The van der Waals surface area contributed by atoms with Gasteiger partial charge in [-0.15, -0.1) is 0 Å². The summed E-state index contributed by atoms with van der Waals surface area (Å²) >= 11 is 11.8. The van der Waals surface area contributed by atoms with Crippen molar-refractivity contribution in [3.63, 3.8) is 0 Å². The van der Waals surface area contributed by atoms with Gasteiger partial charge in [-0.3, -0.25) is 4.68 Å². The minimum absolute atomic E-state index is 0.257. The molecule has 7 heteroatoms. The van der Waals surface area contributed by atoms with Crippen molar-refractivity contribution in [2.75, 3.05) is 7.11 Å². The summed E-state index contributed by atoms with van der Waals surface area (Å²) in [6, 6.07) is 2.00. The lowest BCUT2D eigenvalue weighted by Crippen LogP contribution is -2.11. The number of aryl methyl sites for hydroxylation is 3. The molecule has 0 saturated heterocycles. The lowest BCUT2D eigenvalue weighted by Gasteiger charge is -2.12. The molecule has 0 aliphatic rings. The van der Waals surface area contributed by atoms with Crippen LogP contribution in [-0.2, 0) is 18.3 Å². The predicted octanol–water partition coefficient (Wildman–Crippen LogP) is 3.69. The maximum absolute atomic E-state index is 12.0. The fraction of sp³-hybridized carbons (Fsp3) is 0.400. The van der Waals surface area contributed by atoms with E-state index in [0.29, 0.717) is 16.9 Å². The fourth-order valence-electron chi connectivity index (χ4n) is 2.54. The number of hydrogen-bond donors (Lipinski definition) is 0. The molecule has 118 valence electrons. The molecule has 0 aromatic carbocycles. The van der Waals surface area contributed by atoms with E-state index in [4.69, 9.17) is 28.6 Å². The van der Waals surface area contributed by atoms with E-state index in [9.17, 15) is 4.79 Å². The van der Waals surface area contributed by atoms with Crippen molar-refractivity contribution >= 4 is 29.8 Å². The van der Waals surface area contributed by atoms with Gasteiger partial charge in [-0.1, -0.05) is 29.9 Å². The van der Waals surface area contributed by atoms with Gasteiger partial charge in [0.15, 0.2) is 5.69 Å². The highest BCUT2D eigenvalue weighted by Crippen LogP contribution is 2.33. The Hall–Kier alpha value is -1.66. The Morgan fingerprint density at radius 1 is 1.41 bits per heavy atom. The second-order valence-electron chi connectivity index (χ2n) is 5.04. The molecule has 2 aromatic rings. The first-order valence-corrected chi connectivity index (χ1v) is 7.64. The molecule has 2 aromatic heterocycles. The average Bonchev–Trinajstić information content (AvgIpc) is 2.81. The minimum atomic E-state index is -0.503. The molecule has 2 rings (SSSR count). The summed E-state index contributed by atoms with van der Waals surface area (Å²) in [6.07, 6.45) is 0. The third-order valence-electron chi connectivity index (χ3n) is 3.58. The highest BCUT2D eigenvalue weighted by molar-refractivity contribution is 7.71. The van der Waals surface area contributed by atoms with Crippen LogP contribution in [-0.4, -0.2) is 27.4 Å². The fourth-order valence-corrected chi connectivity index (χ4v) is 3.00. The van der Waals surface area contributed by atoms with Crippen LogP contribution in [0.4, 0.5) is 0 Å². The zero-order valence-electron chi connectivity index (χ0n) is 13.2. The average molecular weight is 340 g/mol. The molecular formula is C15H18ClN3O2S. The molecule has 0 fully saturated rings. The van der Waals surface area contributed by atoms with Crippen LogP contribution < -0.4 is 0 Å². The third-order valence-corrected chi connectivity index (χ3v) is 4.53. The molecule has 0 saturated carbocycles. The van der Waals surface area contributed by atoms with Gasteiger partial charge in [-0.2, -0.15) is 5.10 Å². The first-order chi connectivity index (χ1) is 10.3. The van der Waals surface area contributed by atoms with Gasteiger partial charge in [0.25, 0.3) is 0 Å². The largest absolute Gasteiger partial charge is 0.464 e. The Morgan fingerprint density at radius 3 is 2.59 bits per heavy atom. The number of aromatic nitrogens is 3. The lowest BCUT2D eigenvalue weighted by atomic mass is 10.1. The monoisotopic (exact) mass is 339 g/mol. The van der Waals surface area contributed by atoms with Crippen molar-refractivity contribution in [1.29, 1.82) is 0 Å². The van der Waals surface area contributed by atoms with E-state index in [1.54, 1.807) is 4.68 Å². The van der Waals surface area contributed by atoms with Gasteiger partial charge < -0.3 is 9.30 Å². The van der Waals surface area contributed by atoms with Crippen LogP contribution in [0.1, 0.15) is 28.5 Å². The highest BCUT2D eigenvalue weighted by atomic mass is 35.5. The van der Waals surface area contributed by atoms with Gasteiger partial charge in [-0.25, -0.2) is 4.79 Å². The summed E-state index contributed by atoms with van der Waals surface area (Å²) in [6.45, 7) is 6.33. The van der Waals surface area contributed by atoms with Crippen LogP contribution >= 0.6 is 23.8 Å². The Morgan fingerprint density at radius 2 is 2.05 bits per heavy atom. The maximum atomic E-state index is 12.0. The molecule has 2 heterocycles. The van der Waals surface area contributed by atoms with E-state index in [1.165, 1.54) is 7.11 Å². The number of nitrogens with zero attached hydrogens (tertiary/aromatic N) is 3. The van der Waals surface area contributed by atoms with Crippen LogP contribution in [0.25, 0.3) is 11.4 Å². The van der Waals surface area contributed by atoms with E-state index in [2.05, 4.69) is 5.10 Å². The zero-order valence-corrected chi connectivity index (χ0v) is 14.8. The molecular weight excluding hydrogens is 322 g/mol. The third kappa shape index (κ3) is 2.57. The van der Waals surface area contributed by atoms with Gasteiger partial charge in [-0.05, 0) is 31.9 Å².